The van der Waals surface area contributed by atoms with Crippen molar-refractivity contribution >= 4 is 17.4 Å². The summed E-state index contributed by atoms with van der Waals surface area (Å²) in [4.78, 5) is 32.2. The summed E-state index contributed by atoms with van der Waals surface area (Å²) in [5.41, 5.74) is 4.14. The van der Waals surface area contributed by atoms with Crippen molar-refractivity contribution in [2.75, 3.05) is 6.61 Å². The topological polar surface area (TPSA) is 79.7 Å². The molecule has 2 heterocycles. The van der Waals surface area contributed by atoms with Crippen LogP contribution in [0.15, 0.2) is 72.6 Å². The normalized spacial score (nSPS) is 17.0. The highest BCUT2D eigenvalue weighted by atomic mass is 16.5. The zero-order valence-electron chi connectivity index (χ0n) is 21.0. The number of aromatic nitrogens is 1. The van der Waals surface area contributed by atoms with E-state index in [0.29, 0.717) is 12.2 Å². The van der Waals surface area contributed by atoms with E-state index in [1.807, 2.05) is 37.3 Å². The summed E-state index contributed by atoms with van der Waals surface area (Å²) in [6.45, 7) is 6.91. The predicted molar refractivity (Wildman–Crippen MR) is 139 cm³/mol. The van der Waals surface area contributed by atoms with Crippen LogP contribution < -0.4 is 4.74 Å². The lowest BCUT2D eigenvalue weighted by Crippen LogP contribution is -2.29. The van der Waals surface area contributed by atoms with E-state index >= 15 is 0 Å². The van der Waals surface area contributed by atoms with Crippen molar-refractivity contribution in [3.8, 4) is 5.75 Å². The smallest absolute Gasteiger partial charge is 0.295 e. The minimum absolute atomic E-state index is 0.0900. The number of rotatable bonds is 9. The van der Waals surface area contributed by atoms with Crippen LogP contribution in [-0.2, 0) is 22.6 Å². The largest absolute Gasteiger partial charge is 0.507 e. The standard InChI is InChI=1S/C30H32N2O4/c1-4-6-16-36-25-14-13-24(17-20(25)3)28(33)26-27(23-11-9-21(5-2)10-12-23)32(30(35)29(26)34)19-22-8-7-15-31-18-22/h7-15,17-18,27,33H,4-6,16,19H2,1-3H3/t27-/m1/s1. The molecule has 186 valence electrons. The Morgan fingerprint density at radius 1 is 1.06 bits per heavy atom. The highest BCUT2D eigenvalue weighted by Gasteiger charge is 2.46. The first kappa shape index (κ1) is 25.2. The number of ketones is 1. The van der Waals surface area contributed by atoms with E-state index < -0.39 is 17.7 Å². The molecule has 6 heteroatoms. The maximum atomic E-state index is 13.3. The van der Waals surface area contributed by atoms with Crippen LogP contribution in [0.3, 0.4) is 0 Å². The summed E-state index contributed by atoms with van der Waals surface area (Å²) >= 11 is 0. The molecule has 1 fully saturated rings. The fourth-order valence-corrected chi connectivity index (χ4v) is 4.45. The minimum atomic E-state index is -0.711. The van der Waals surface area contributed by atoms with Crippen LogP contribution in [0, 0.1) is 6.92 Å². The average molecular weight is 485 g/mol. The summed E-state index contributed by atoms with van der Waals surface area (Å²) in [6, 6.07) is 16.1. The molecule has 2 aromatic carbocycles. The molecule has 3 aromatic rings. The van der Waals surface area contributed by atoms with Gasteiger partial charge >= 0.3 is 0 Å². The number of likely N-dealkylation sites (tertiary alicyclic amines) is 1. The Hall–Kier alpha value is -3.93. The van der Waals surface area contributed by atoms with Crippen molar-refractivity contribution in [2.24, 2.45) is 0 Å². The first-order valence-electron chi connectivity index (χ1n) is 12.4. The minimum Gasteiger partial charge on any atom is -0.507 e. The van der Waals surface area contributed by atoms with Crippen LogP contribution in [0.1, 0.15) is 60.5 Å². The average Bonchev–Trinajstić information content (AvgIpc) is 3.15. The van der Waals surface area contributed by atoms with Crippen molar-refractivity contribution in [2.45, 2.75) is 52.6 Å². The van der Waals surface area contributed by atoms with E-state index in [0.717, 1.165) is 47.3 Å². The maximum Gasteiger partial charge on any atom is 0.295 e. The van der Waals surface area contributed by atoms with Gasteiger partial charge in [0.2, 0.25) is 0 Å². The molecule has 0 unspecified atom stereocenters. The molecule has 1 N–H and O–H groups in total. The van der Waals surface area contributed by atoms with Crippen LogP contribution in [0.25, 0.3) is 5.76 Å². The summed E-state index contributed by atoms with van der Waals surface area (Å²) in [5, 5.41) is 11.4. The number of unbranched alkanes of at least 4 members (excludes halogenated alkanes) is 1. The fraction of sp³-hybridized carbons (Fsp3) is 0.300. The molecule has 36 heavy (non-hydrogen) atoms. The van der Waals surface area contributed by atoms with E-state index in [2.05, 4.69) is 18.8 Å². The summed E-state index contributed by atoms with van der Waals surface area (Å²) in [6.07, 6.45) is 6.21. The molecule has 0 aliphatic carbocycles. The molecule has 1 aromatic heterocycles. The van der Waals surface area contributed by atoms with E-state index in [1.54, 1.807) is 36.7 Å². The van der Waals surface area contributed by atoms with Crippen LogP contribution in [0.5, 0.6) is 5.75 Å². The lowest BCUT2D eigenvalue weighted by atomic mass is 9.94. The van der Waals surface area contributed by atoms with Crippen molar-refractivity contribution in [1.82, 2.24) is 9.88 Å². The quantitative estimate of drug-likeness (QED) is 0.181. The number of hydrogen-bond acceptors (Lipinski definition) is 5. The molecule has 0 bridgehead atoms. The molecule has 1 saturated heterocycles. The third kappa shape index (κ3) is 5.18. The third-order valence-electron chi connectivity index (χ3n) is 6.52. The Morgan fingerprint density at radius 3 is 2.47 bits per heavy atom. The zero-order valence-corrected chi connectivity index (χ0v) is 21.0. The van der Waals surface area contributed by atoms with Gasteiger partial charge in [-0.25, -0.2) is 0 Å². The Bertz CT molecular complexity index is 1270. The van der Waals surface area contributed by atoms with Gasteiger partial charge in [0, 0.05) is 24.5 Å². The summed E-state index contributed by atoms with van der Waals surface area (Å²) < 4.78 is 5.84. The number of aryl methyl sites for hydroxylation is 2. The fourth-order valence-electron chi connectivity index (χ4n) is 4.45. The van der Waals surface area contributed by atoms with E-state index in [-0.39, 0.29) is 17.9 Å². The van der Waals surface area contributed by atoms with Gasteiger partial charge in [0.25, 0.3) is 11.7 Å². The Labute approximate surface area is 212 Å². The predicted octanol–water partition coefficient (Wildman–Crippen LogP) is 5.75. The number of amides is 1. The van der Waals surface area contributed by atoms with Gasteiger partial charge in [-0.05, 0) is 66.3 Å². The number of aliphatic hydroxyl groups is 1. The molecular weight excluding hydrogens is 452 g/mol. The number of Topliss-reactive ketones (excluding diaryl/α,β-unsaturated/α-hetero) is 1. The summed E-state index contributed by atoms with van der Waals surface area (Å²) in [5.74, 6) is -0.776. The molecule has 1 aliphatic heterocycles. The Kier molecular flexibility index (Phi) is 7.84. The highest BCUT2D eigenvalue weighted by Crippen LogP contribution is 2.40. The number of carbonyl (C=O) groups excluding carboxylic acids is 2. The van der Waals surface area contributed by atoms with Crippen molar-refractivity contribution in [1.29, 1.82) is 0 Å². The van der Waals surface area contributed by atoms with Crippen LogP contribution in [-0.4, -0.2) is 33.3 Å². The number of aliphatic hydroxyl groups excluding tert-OH is 1. The molecule has 0 radical (unpaired) electrons. The van der Waals surface area contributed by atoms with E-state index in [4.69, 9.17) is 4.74 Å². The van der Waals surface area contributed by atoms with Gasteiger partial charge in [0.1, 0.15) is 11.5 Å². The van der Waals surface area contributed by atoms with Crippen LogP contribution in [0.2, 0.25) is 0 Å². The lowest BCUT2D eigenvalue weighted by Gasteiger charge is -2.25. The second-order valence-electron chi connectivity index (χ2n) is 9.07. The molecule has 1 amide bonds. The second kappa shape index (κ2) is 11.2. The van der Waals surface area contributed by atoms with Gasteiger partial charge in [-0.2, -0.15) is 0 Å². The van der Waals surface area contributed by atoms with Crippen LogP contribution >= 0.6 is 0 Å². The van der Waals surface area contributed by atoms with Gasteiger partial charge < -0.3 is 14.7 Å². The van der Waals surface area contributed by atoms with Crippen molar-refractivity contribution < 1.29 is 19.4 Å². The Morgan fingerprint density at radius 2 is 1.83 bits per heavy atom. The van der Waals surface area contributed by atoms with Crippen molar-refractivity contribution in [3.63, 3.8) is 0 Å². The molecule has 1 atom stereocenters. The van der Waals surface area contributed by atoms with E-state index in [9.17, 15) is 14.7 Å². The maximum absolute atomic E-state index is 13.3. The SMILES string of the molecule is CCCCOc1ccc(C(O)=C2C(=O)C(=O)N(Cc3cccnc3)[C@@H]2c2ccc(CC)cc2)cc1C. The number of benzene rings is 2. The molecular formula is C30H32N2O4. The van der Waals surface area contributed by atoms with Crippen LogP contribution in [0.4, 0.5) is 0 Å². The molecule has 1 aliphatic rings. The third-order valence-corrected chi connectivity index (χ3v) is 6.52. The highest BCUT2D eigenvalue weighted by molar-refractivity contribution is 6.46. The first-order valence-corrected chi connectivity index (χ1v) is 12.4. The number of ether oxygens (including phenoxy) is 1. The number of carbonyl (C=O) groups is 2. The van der Waals surface area contributed by atoms with Gasteiger partial charge in [-0.1, -0.05) is 50.6 Å². The van der Waals surface area contributed by atoms with Crippen molar-refractivity contribution in [3.05, 3.63) is 100 Å². The number of pyridine rings is 1. The lowest BCUT2D eigenvalue weighted by molar-refractivity contribution is -0.140. The van der Waals surface area contributed by atoms with Gasteiger partial charge in [-0.3, -0.25) is 14.6 Å². The number of hydrogen-bond donors (Lipinski definition) is 1. The first-order chi connectivity index (χ1) is 17.4. The van der Waals surface area contributed by atoms with Gasteiger partial charge in [0.05, 0.1) is 18.2 Å². The number of nitrogens with zero attached hydrogens (tertiary/aromatic N) is 2. The van der Waals surface area contributed by atoms with Gasteiger partial charge in [-0.15, -0.1) is 0 Å². The zero-order chi connectivity index (χ0) is 25.7. The summed E-state index contributed by atoms with van der Waals surface area (Å²) in [7, 11) is 0. The Balaban J connectivity index is 1.77. The molecule has 4 rings (SSSR count). The molecule has 0 saturated carbocycles. The second-order valence-corrected chi connectivity index (χ2v) is 9.07. The van der Waals surface area contributed by atoms with E-state index in [1.165, 1.54) is 4.90 Å². The van der Waals surface area contributed by atoms with Gasteiger partial charge in [0.15, 0.2) is 0 Å². The molecule has 0 spiro atoms. The molecule has 6 nitrogen and oxygen atoms in total. The monoisotopic (exact) mass is 484 g/mol.